The Hall–Kier alpha value is -2.05. The van der Waals surface area contributed by atoms with Gasteiger partial charge in [0.2, 0.25) is 0 Å². The van der Waals surface area contributed by atoms with Crippen molar-refractivity contribution in [2.45, 2.75) is 68.2 Å². The molecule has 2 aromatic carbocycles. The van der Waals surface area contributed by atoms with Crippen LogP contribution in [0.1, 0.15) is 79.4 Å². The molecule has 0 bridgehead atoms. The third-order valence-corrected chi connectivity index (χ3v) is 5.32. The zero-order valence-electron chi connectivity index (χ0n) is 22.8. The van der Waals surface area contributed by atoms with Crippen molar-refractivity contribution in [3.8, 4) is 0 Å². The number of benzene rings is 2. The van der Waals surface area contributed by atoms with Gasteiger partial charge < -0.3 is 0 Å². The second-order valence-corrected chi connectivity index (χ2v) is 10.4. The fourth-order valence-electron chi connectivity index (χ4n) is 3.57. The van der Waals surface area contributed by atoms with Crippen LogP contribution in [0.2, 0.25) is 0 Å². The van der Waals surface area contributed by atoms with E-state index >= 15 is 0 Å². The quantitative estimate of drug-likeness (QED) is 0.240. The molecule has 0 saturated carbocycles. The van der Waals surface area contributed by atoms with E-state index in [-0.39, 0.29) is 44.5 Å². The van der Waals surface area contributed by atoms with Crippen molar-refractivity contribution in [2.75, 3.05) is 0 Å². The van der Waals surface area contributed by atoms with Gasteiger partial charge in [0, 0.05) is 33.9 Å². The van der Waals surface area contributed by atoms with Gasteiger partial charge in [-0.25, -0.2) is 0 Å². The molecule has 194 valence electrons. The van der Waals surface area contributed by atoms with Gasteiger partial charge in [0.25, 0.3) is 0 Å². The first-order valence-electron chi connectivity index (χ1n) is 12.6. The maximum Gasteiger partial charge on any atom is 0.159 e. The van der Waals surface area contributed by atoms with Gasteiger partial charge in [-0.2, -0.15) is 0 Å². The summed E-state index contributed by atoms with van der Waals surface area (Å²) in [4.78, 5) is 24.3. The van der Waals surface area contributed by atoms with Crippen LogP contribution in [0.25, 0.3) is 12.2 Å². The van der Waals surface area contributed by atoms with E-state index in [1.165, 1.54) is 0 Å². The molecule has 2 rings (SSSR count). The van der Waals surface area contributed by atoms with Crippen molar-refractivity contribution < 1.29 is 30.7 Å². The number of hydrogen-bond acceptors (Lipinski definition) is 2. The van der Waals surface area contributed by atoms with Crippen molar-refractivity contribution in [1.82, 2.24) is 0 Å². The molecule has 0 atom stereocenters. The molecule has 0 saturated heterocycles. The molecule has 0 heterocycles. The zero-order chi connectivity index (χ0) is 25.7. The van der Waals surface area contributed by atoms with Crippen LogP contribution in [0.5, 0.6) is 0 Å². The summed E-state index contributed by atoms with van der Waals surface area (Å²) in [6.45, 7) is 16.6. The number of ketones is 2. The van der Waals surface area contributed by atoms with Crippen LogP contribution in [0.3, 0.4) is 0 Å². The van der Waals surface area contributed by atoms with Crippen LogP contribution < -0.4 is 0 Å². The summed E-state index contributed by atoms with van der Waals surface area (Å²) in [5.74, 6) is 1.95. The summed E-state index contributed by atoms with van der Waals surface area (Å²) < 4.78 is 0. The minimum Gasteiger partial charge on any atom is -0.295 e. The molecule has 0 spiro atoms. The van der Waals surface area contributed by atoms with Crippen LogP contribution in [0.15, 0.2) is 71.8 Å². The van der Waals surface area contributed by atoms with Crippen LogP contribution >= 0.6 is 0 Å². The number of rotatable bonds is 10. The molecule has 0 aliphatic carbocycles. The smallest absolute Gasteiger partial charge is 0.159 e. The van der Waals surface area contributed by atoms with Crippen molar-refractivity contribution in [1.29, 1.82) is 0 Å². The fraction of sp³-hybridized carbons (Fsp3) is 0.438. The van der Waals surface area contributed by atoms with Crippen molar-refractivity contribution in [3.63, 3.8) is 0 Å². The fourth-order valence-corrected chi connectivity index (χ4v) is 3.57. The largest absolute Gasteiger partial charge is 0.295 e. The molecular formula is C32H44O2Pt. The minimum atomic E-state index is 0. The summed E-state index contributed by atoms with van der Waals surface area (Å²) in [5, 5.41) is 0. The van der Waals surface area contributed by atoms with E-state index in [2.05, 4.69) is 55.4 Å². The van der Waals surface area contributed by atoms with Crippen molar-refractivity contribution >= 4 is 23.7 Å². The van der Waals surface area contributed by atoms with E-state index in [0.29, 0.717) is 24.7 Å². The molecule has 0 aliphatic rings. The van der Waals surface area contributed by atoms with Gasteiger partial charge in [-0.15, -0.1) is 0 Å². The molecule has 0 amide bonds. The second-order valence-electron chi connectivity index (χ2n) is 10.4. The zero-order valence-corrected chi connectivity index (χ0v) is 25.1. The number of carbonyl (C=O) groups excluding carboxylic acids is 2. The summed E-state index contributed by atoms with van der Waals surface area (Å²) in [5.41, 5.74) is 4.08. The molecular weight excluding hydrogens is 611 g/mol. The van der Waals surface area contributed by atoms with Gasteiger partial charge in [-0.05, 0) is 58.1 Å². The van der Waals surface area contributed by atoms with E-state index in [0.717, 1.165) is 22.3 Å². The topological polar surface area (TPSA) is 34.1 Å². The Labute approximate surface area is 228 Å². The van der Waals surface area contributed by atoms with E-state index in [1.807, 2.05) is 72.8 Å². The predicted molar refractivity (Wildman–Crippen MR) is 147 cm³/mol. The van der Waals surface area contributed by atoms with Gasteiger partial charge in [0.15, 0.2) is 11.6 Å². The number of hydrogen-bond donors (Lipinski definition) is 0. The Morgan fingerprint density at radius 2 is 0.857 bits per heavy atom. The maximum atomic E-state index is 12.1. The summed E-state index contributed by atoms with van der Waals surface area (Å²) in [6.07, 6.45) is 5.32. The second kappa shape index (κ2) is 17.4. The Bertz CT molecular complexity index is 857. The van der Waals surface area contributed by atoms with Crippen LogP contribution in [-0.2, 0) is 30.7 Å². The van der Waals surface area contributed by atoms with Crippen LogP contribution in [0.4, 0.5) is 0 Å². The first-order valence-corrected chi connectivity index (χ1v) is 12.6. The molecule has 3 heteroatoms. The number of carbonyl (C=O) groups is 2. The molecule has 0 fully saturated rings. The third-order valence-electron chi connectivity index (χ3n) is 5.32. The normalized spacial score (nSPS) is 11.9. The van der Waals surface area contributed by atoms with Gasteiger partial charge >= 0.3 is 0 Å². The summed E-state index contributed by atoms with van der Waals surface area (Å²) in [6, 6.07) is 20.1. The molecule has 0 N–H and O–H groups in total. The SMILES string of the molecule is CC(C)CC(=O)C(=Cc1ccccc1)C(C)C.CC(C)CC(=O)C(=Cc1ccccc1)C(C)C.[Pt]. The molecule has 0 unspecified atom stereocenters. The molecule has 0 aliphatic heterocycles. The van der Waals surface area contributed by atoms with Crippen molar-refractivity contribution in [2.24, 2.45) is 23.7 Å². The Kier molecular flexibility index (Phi) is 16.4. The van der Waals surface area contributed by atoms with E-state index < -0.39 is 0 Å². The summed E-state index contributed by atoms with van der Waals surface area (Å²) >= 11 is 0. The first-order chi connectivity index (χ1) is 16.0. The Morgan fingerprint density at radius 3 is 1.09 bits per heavy atom. The maximum absolute atomic E-state index is 12.1. The molecule has 2 nitrogen and oxygen atoms in total. The summed E-state index contributed by atoms with van der Waals surface area (Å²) in [7, 11) is 0. The van der Waals surface area contributed by atoms with Crippen LogP contribution in [0, 0.1) is 23.7 Å². The monoisotopic (exact) mass is 655 g/mol. The first kappa shape index (κ1) is 32.9. The molecule has 0 radical (unpaired) electrons. The van der Waals surface area contributed by atoms with Gasteiger partial charge in [-0.3, -0.25) is 9.59 Å². The Balaban J connectivity index is 0.000000642. The number of allylic oxidation sites excluding steroid dienone is 2. The van der Waals surface area contributed by atoms with Crippen LogP contribution in [-0.4, -0.2) is 11.6 Å². The van der Waals surface area contributed by atoms with E-state index in [9.17, 15) is 9.59 Å². The van der Waals surface area contributed by atoms with E-state index in [4.69, 9.17) is 0 Å². The average Bonchev–Trinajstić information content (AvgIpc) is 2.76. The third kappa shape index (κ3) is 13.6. The van der Waals surface area contributed by atoms with Gasteiger partial charge in [0.1, 0.15) is 0 Å². The molecule has 35 heavy (non-hydrogen) atoms. The Morgan fingerprint density at radius 1 is 0.571 bits per heavy atom. The molecule has 2 aromatic rings. The van der Waals surface area contributed by atoms with Gasteiger partial charge in [0.05, 0.1) is 0 Å². The number of Topliss-reactive ketones (excluding diaryl/α,β-unsaturated/α-hetero) is 2. The minimum absolute atomic E-state index is 0. The molecule has 0 aromatic heterocycles. The predicted octanol–water partition coefficient (Wildman–Crippen LogP) is 8.68. The van der Waals surface area contributed by atoms with Gasteiger partial charge in [-0.1, -0.05) is 116 Å². The average molecular weight is 656 g/mol. The van der Waals surface area contributed by atoms with Crippen molar-refractivity contribution in [3.05, 3.63) is 82.9 Å². The van der Waals surface area contributed by atoms with E-state index in [1.54, 1.807) is 0 Å². The standard InChI is InChI=1S/2C16H22O.Pt/c2*1-12(2)10-16(17)15(13(3)4)11-14-8-6-5-7-9-14;/h2*5-9,11-13H,10H2,1-4H3;.